The smallest absolute Gasteiger partial charge is 0.264 e. The van der Waals surface area contributed by atoms with E-state index in [0.29, 0.717) is 33.4 Å². The van der Waals surface area contributed by atoms with Gasteiger partial charge in [-0.3, -0.25) is 13.9 Å². The Labute approximate surface area is 275 Å². The maximum atomic E-state index is 14.5. The number of amides is 2. The standard InChI is InChI=1S/C35H37Cl2N3O4S/c1-3-4-21-38-35(42)33(23-27-13-7-5-8-14-27)39(24-28-15-11-12-18-31(28)37)34(41)25-40(32-20-19-29(36)22-26(32)2)45(43,44)30-16-9-6-10-17-30/h5-20,22,33H,3-4,21,23-25H2,1-2H3,(H,38,42). The summed E-state index contributed by atoms with van der Waals surface area (Å²) in [4.78, 5) is 29.8. The number of carbonyl (C=O) groups is 2. The summed E-state index contributed by atoms with van der Waals surface area (Å²) in [6.07, 6.45) is 1.89. The topological polar surface area (TPSA) is 86.8 Å². The van der Waals surface area contributed by atoms with Crippen molar-refractivity contribution >= 4 is 50.7 Å². The number of nitrogens with zero attached hydrogens (tertiary/aromatic N) is 2. The second-order valence-electron chi connectivity index (χ2n) is 10.7. The van der Waals surface area contributed by atoms with Crippen molar-refractivity contribution in [2.75, 3.05) is 17.4 Å². The normalized spacial score (nSPS) is 11.9. The third-order valence-corrected chi connectivity index (χ3v) is 9.81. The van der Waals surface area contributed by atoms with E-state index >= 15 is 0 Å². The minimum atomic E-state index is -4.21. The molecule has 0 spiro atoms. The molecule has 0 heterocycles. The number of carbonyl (C=O) groups excluding carboxylic acids is 2. The Morgan fingerprint density at radius 1 is 0.867 bits per heavy atom. The quantitative estimate of drug-likeness (QED) is 0.146. The number of hydrogen-bond donors (Lipinski definition) is 1. The van der Waals surface area contributed by atoms with Crippen molar-refractivity contribution in [2.45, 2.75) is 50.6 Å². The highest BCUT2D eigenvalue weighted by molar-refractivity contribution is 7.92. The molecule has 1 unspecified atom stereocenters. The SMILES string of the molecule is CCCCNC(=O)C(Cc1ccccc1)N(Cc1ccccc1Cl)C(=O)CN(c1ccc(Cl)cc1C)S(=O)(=O)c1ccccc1. The fraction of sp³-hybridized carbons (Fsp3) is 0.257. The number of halogens is 2. The van der Waals surface area contributed by atoms with Crippen LogP contribution in [0.3, 0.4) is 0 Å². The predicted octanol–water partition coefficient (Wildman–Crippen LogP) is 7.05. The molecule has 1 N–H and O–H groups in total. The van der Waals surface area contributed by atoms with E-state index in [9.17, 15) is 18.0 Å². The van der Waals surface area contributed by atoms with Crippen LogP contribution in [0.4, 0.5) is 5.69 Å². The Hall–Kier alpha value is -3.85. The lowest BCUT2D eigenvalue weighted by atomic mass is 10.0. The molecule has 0 aliphatic heterocycles. The lowest BCUT2D eigenvalue weighted by Gasteiger charge is -2.34. The van der Waals surface area contributed by atoms with Crippen molar-refractivity contribution in [3.05, 3.63) is 130 Å². The second-order valence-corrected chi connectivity index (χ2v) is 13.4. The van der Waals surface area contributed by atoms with Crippen LogP contribution >= 0.6 is 23.2 Å². The lowest BCUT2D eigenvalue weighted by molar-refractivity contribution is -0.140. The molecule has 0 radical (unpaired) electrons. The van der Waals surface area contributed by atoms with Crippen molar-refractivity contribution < 1.29 is 18.0 Å². The minimum absolute atomic E-state index is 0.00394. The monoisotopic (exact) mass is 665 g/mol. The molecule has 0 aromatic heterocycles. The third-order valence-electron chi connectivity index (χ3n) is 7.44. The molecule has 2 amide bonds. The van der Waals surface area contributed by atoms with Crippen LogP contribution in [0.1, 0.15) is 36.5 Å². The van der Waals surface area contributed by atoms with Gasteiger partial charge in [0.05, 0.1) is 10.6 Å². The predicted molar refractivity (Wildman–Crippen MR) is 181 cm³/mol. The lowest BCUT2D eigenvalue weighted by Crippen LogP contribution is -2.53. The van der Waals surface area contributed by atoms with Gasteiger partial charge in [0.1, 0.15) is 12.6 Å². The van der Waals surface area contributed by atoms with Gasteiger partial charge in [0.25, 0.3) is 10.0 Å². The molecular weight excluding hydrogens is 629 g/mol. The van der Waals surface area contributed by atoms with Gasteiger partial charge in [0.2, 0.25) is 11.8 Å². The van der Waals surface area contributed by atoms with Crippen LogP contribution < -0.4 is 9.62 Å². The number of benzene rings is 4. The van der Waals surface area contributed by atoms with Crippen LogP contribution in [0, 0.1) is 6.92 Å². The number of sulfonamides is 1. The van der Waals surface area contributed by atoms with E-state index < -0.39 is 28.5 Å². The molecule has 4 aromatic rings. The summed E-state index contributed by atoms with van der Waals surface area (Å²) in [5, 5.41) is 3.85. The van der Waals surface area contributed by atoms with E-state index in [2.05, 4.69) is 5.32 Å². The van der Waals surface area contributed by atoms with Gasteiger partial charge in [0, 0.05) is 29.6 Å². The molecule has 0 saturated heterocycles. The van der Waals surface area contributed by atoms with Crippen LogP contribution in [0.15, 0.2) is 108 Å². The molecule has 45 heavy (non-hydrogen) atoms. The number of hydrogen-bond acceptors (Lipinski definition) is 4. The van der Waals surface area contributed by atoms with Crippen molar-refractivity contribution in [3.63, 3.8) is 0 Å². The van der Waals surface area contributed by atoms with Crippen LogP contribution in [-0.2, 0) is 32.6 Å². The molecule has 0 saturated carbocycles. The molecule has 4 rings (SSSR count). The molecule has 10 heteroatoms. The van der Waals surface area contributed by atoms with Gasteiger partial charge in [-0.25, -0.2) is 8.42 Å². The fourth-order valence-corrected chi connectivity index (χ4v) is 6.92. The first-order valence-electron chi connectivity index (χ1n) is 14.8. The number of unbranched alkanes of at least 4 members (excludes halogenated alkanes) is 1. The summed E-state index contributed by atoms with van der Waals surface area (Å²) in [6, 6.07) is 28.3. The van der Waals surface area contributed by atoms with Gasteiger partial charge in [-0.1, -0.05) is 103 Å². The summed E-state index contributed by atoms with van der Waals surface area (Å²) >= 11 is 12.8. The molecule has 0 aliphatic rings. The number of rotatable bonds is 14. The zero-order chi connectivity index (χ0) is 32.4. The number of nitrogens with one attached hydrogen (secondary N) is 1. The van der Waals surface area contributed by atoms with E-state index in [1.165, 1.54) is 17.0 Å². The van der Waals surface area contributed by atoms with Gasteiger partial charge in [-0.2, -0.15) is 0 Å². The molecule has 1 atom stereocenters. The van der Waals surface area contributed by atoms with Gasteiger partial charge in [-0.15, -0.1) is 0 Å². The van der Waals surface area contributed by atoms with Crippen LogP contribution in [0.25, 0.3) is 0 Å². The fourth-order valence-electron chi connectivity index (χ4n) is 5.00. The van der Waals surface area contributed by atoms with E-state index in [1.807, 2.05) is 37.3 Å². The van der Waals surface area contributed by atoms with Gasteiger partial charge in [-0.05, 0) is 66.4 Å². The van der Waals surface area contributed by atoms with Crippen LogP contribution in [-0.4, -0.2) is 44.3 Å². The minimum Gasteiger partial charge on any atom is -0.354 e. The first-order valence-corrected chi connectivity index (χ1v) is 17.0. The van der Waals surface area contributed by atoms with Crippen molar-refractivity contribution in [1.82, 2.24) is 10.2 Å². The average molecular weight is 667 g/mol. The highest BCUT2D eigenvalue weighted by Crippen LogP contribution is 2.30. The summed E-state index contributed by atoms with van der Waals surface area (Å²) in [7, 11) is -4.21. The highest BCUT2D eigenvalue weighted by atomic mass is 35.5. The maximum Gasteiger partial charge on any atom is 0.264 e. The van der Waals surface area contributed by atoms with Crippen molar-refractivity contribution in [2.24, 2.45) is 0 Å². The van der Waals surface area contributed by atoms with Gasteiger partial charge < -0.3 is 10.2 Å². The summed E-state index contributed by atoms with van der Waals surface area (Å²) in [6.45, 7) is 3.66. The van der Waals surface area contributed by atoms with E-state index in [0.717, 1.165) is 22.7 Å². The number of aryl methyl sites for hydroxylation is 1. The second kappa shape index (κ2) is 15.9. The molecule has 0 fully saturated rings. The highest BCUT2D eigenvalue weighted by Gasteiger charge is 2.35. The Morgan fingerprint density at radius 3 is 2.16 bits per heavy atom. The Balaban J connectivity index is 1.81. The molecule has 4 aromatic carbocycles. The molecule has 7 nitrogen and oxygen atoms in total. The number of anilines is 1. The van der Waals surface area contributed by atoms with Crippen LogP contribution in [0.2, 0.25) is 10.0 Å². The van der Waals surface area contributed by atoms with E-state index in [-0.39, 0.29) is 23.8 Å². The molecule has 236 valence electrons. The summed E-state index contributed by atoms with van der Waals surface area (Å²) < 4.78 is 29.4. The van der Waals surface area contributed by atoms with Crippen molar-refractivity contribution in [1.29, 1.82) is 0 Å². The average Bonchev–Trinajstić information content (AvgIpc) is 3.03. The Morgan fingerprint density at radius 2 is 1.51 bits per heavy atom. The van der Waals surface area contributed by atoms with E-state index in [1.54, 1.807) is 67.6 Å². The largest absolute Gasteiger partial charge is 0.354 e. The molecular formula is C35H37Cl2N3O4S. The van der Waals surface area contributed by atoms with Crippen molar-refractivity contribution in [3.8, 4) is 0 Å². The summed E-state index contributed by atoms with van der Waals surface area (Å²) in [5.74, 6) is -0.886. The first-order chi connectivity index (χ1) is 21.6. The Kier molecular flexibility index (Phi) is 12.0. The first kappa shape index (κ1) is 34.0. The van der Waals surface area contributed by atoms with Crippen LogP contribution in [0.5, 0.6) is 0 Å². The zero-order valence-corrected chi connectivity index (χ0v) is 27.7. The van der Waals surface area contributed by atoms with E-state index in [4.69, 9.17) is 23.2 Å². The summed E-state index contributed by atoms with van der Waals surface area (Å²) in [5.41, 5.74) is 2.37. The third kappa shape index (κ3) is 8.87. The molecule has 0 aliphatic carbocycles. The van der Waals surface area contributed by atoms with Gasteiger partial charge >= 0.3 is 0 Å². The zero-order valence-electron chi connectivity index (χ0n) is 25.3. The maximum absolute atomic E-state index is 14.5. The molecule has 0 bridgehead atoms. The Bertz CT molecular complexity index is 1700. The van der Waals surface area contributed by atoms with Gasteiger partial charge in [0.15, 0.2) is 0 Å².